The Balaban J connectivity index is 1.80. The van der Waals surface area contributed by atoms with Crippen LogP contribution in [-0.2, 0) is 17.8 Å². The minimum atomic E-state index is -1.05. The molecule has 0 unspecified atom stereocenters. The van der Waals surface area contributed by atoms with Gasteiger partial charge in [-0.25, -0.2) is 9.18 Å². The van der Waals surface area contributed by atoms with E-state index in [1.54, 1.807) is 36.9 Å². The molecule has 6 heteroatoms. The van der Waals surface area contributed by atoms with Gasteiger partial charge in [0.05, 0.1) is 0 Å². The Morgan fingerprint density at radius 2 is 1.85 bits per heavy atom. The van der Waals surface area contributed by atoms with Gasteiger partial charge in [-0.1, -0.05) is 6.07 Å². The van der Waals surface area contributed by atoms with Crippen LogP contribution in [0.4, 0.5) is 4.39 Å². The lowest BCUT2D eigenvalue weighted by Crippen LogP contribution is -2.36. The maximum atomic E-state index is 13.3. The highest BCUT2D eigenvalue weighted by atomic mass is 19.1. The van der Waals surface area contributed by atoms with Crippen molar-refractivity contribution < 1.29 is 23.8 Å². The Kier molecular flexibility index (Phi) is 4.93. The lowest BCUT2D eigenvalue weighted by atomic mass is 9.98. The monoisotopic (exact) mass is 357 g/mol. The van der Waals surface area contributed by atoms with Gasteiger partial charge < -0.3 is 14.7 Å². The molecular formula is C20H20FNO4. The molecule has 0 aliphatic carbocycles. The third-order valence-electron chi connectivity index (χ3n) is 4.52. The molecule has 0 aromatic heterocycles. The smallest absolute Gasteiger partial charge is 0.341 e. The molecule has 1 aliphatic rings. The van der Waals surface area contributed by atoms with Crippen LogP contribution < -0.4 is 4.74 Å². The van der Waals surface area contributed by atoms with E-state index in [1.807, 2.05) is 0 Å². The molecule has 0 saturated heterocycles. The number of nitrogens with zero attached hydrogens (tertiary/aromatic N) is 1. The number of carboxylic acid groups (broad SMARTS) is 1. The van der Waals surface area contributed by atoms with Crippen LogP contribution in [0, 0.1) is 19.7 Å². The number of carbonyl (C=O) groups is 2. The third kappa shape index (κ3) is 3.69. The fourth-order valence-electron chi connectivity index (χ4n) is 3.31. The van der Waals surface area contributed by atoms with Gasteiger partial charge in [-0.05, 0) is 66.8 Å². The SMILES string of the molecule is Cc1cc(C(=O)N2CCc3cc(F)ccc3C2)cc(C)c1OCC(=O)O. The molecule has 1 amide bonds. The summed E-state index contributed by atoms with van der Waals surface area (Å²) in [6, 6.07) is 8.10. The number of hydrogen-bond donors (Lipinski definition) is 1. The molecule has 0 atom stereocenters. The summed E-state index contributed by atoms with van der Waals surface area (Å²) < 4.78 is 18.6. The number of ether oxygens (including phenoxy) is 1. The molecule has 0 spiro atoms. The number of halogens is 1. The van der Waals surface area contributed by atoms with E-state index in [1.165, 1.54) is 12.1 Å². The number of hydrogen-bond acceptors (Lipinski definition) is 3. The number of carbonyl (C=O) groups excluding carboxylic acids is 1. The van der Waals surface area contributed by atoms with Gasteiger partial charge in [0.1, 0.15) is 11.6 Å². The van der Waals surface area contributed by atoms with Crippen molar-refractivity contribution in [2.75, 3.05) is 13.2 Å². The standard InChI is InChI=1S/C20H20FNO4/c1-12-7-16(8-13(2)19(12)26-11-18(23)24)20(25)22-6-5-14-9-17(21)4-3-15(14)10-22/h3-4,7-9H,5-6,10-11H2,1-2H3,(H,23,24). The zero-order valence-electron chi connectivity index (χ0n) is 14.7. The summed E-state index contributed by atoms with van der Waals surface area (Å²) in [5.41, 5.74) is 3.87. The first-order chi connectivity index (χ1) is 12.3. The Labute approximate surface area is 151 Å². The molecule has 2 aromatic carbocycles. The Hall–Kier alpha value is -2.89. The van der Waals surface area contributed by atoms with E-state index >= 15 is 0 Å². The zero-order valence-corrected chi connectivity index (χ0v) is 14.7. The molecule has 1 heterocycles. The van der Waals surface area contributed by atoms with Crippen LogP contribution in [-0.4, -0.2) is 35.0 Å². The van der Waals surface area contributed by atoms with Crippen molar-refractivity contribution in [1.82, 2.24) is 4.90 Å². The fraction of sp³-hybridized carbons (Fsp3) is 0.300. The van der Waals surface area contributed by atoms with E-state index < -0.39 is 12.6 Å². The summed E-state index contributed by atoms with van der Waals surface area (Å²) in [6.45, 7) is 4.13. The maximum absolute atomic E-state index is 13.3. The Bertz CT molecular complexity index is 855. The van der Waals surface area contributed by atoms with Gasteiger partial charge in [-0.15, -0.1) is 0 Å². The van der Waals surface area contributed by atoms with Crippen LogP contribution in [0.1, 0.15) is 32.6 Å². The van der Waals surface area contributed by atoms with Gasteiger partial charge in [-0.3, -0.25) is 4.79 Å². The molecule has 136 valence electrons. The highest BCUT2D eigenvalue weighted by molar-refractivity contribution is 5.95. The molecule has 1 aliphatic heterocycles. The highest BCUT2D eigenvalue weighted by Crippen LogP contribution is 2.27. The van der Waals surface area contributed by atoms with Crippen LogP contribution >= 0.6 is 0 Å². The first-order valence-corrected chi connectivity index (χ1v) is 8.37. The van der Waals surface area contributed by atoms with E-state index in [2.05, 4.69) is 0 Å². The predicted octanol–water partition coefficient (Wildman–Crippen LogP) is 3.10. The quantitative estimate of drug-likeness (QED) is 0.913. The average Bonchev–Trinajstić information content (AvgIpc) is 2.59. The molecular weight excluding hydrogens is 337 g/mol. The van der Waals surface area contributed by atoms with Crippen molar-refractivity contribution in [3.63, 3.8) is 0 Å². The molecule has 0 fully saturated rings. The van der Waals surface area contributed by atoms with E-state index in [0.717, 1.165) is 11.1 Å². The minimum absolute atomic E-state index is 0.101. The molecule has 2 aromatic rings. The summed E-state index contributed by atoms with van der Waals surface area (Å²) >= 11 is 0. The molecule has 5 nitrogen and oxygen atoms in total. The van der Waals surface area contributed by atoms with Crippen molar-refractivity contribution in [2.24, 2.45) is 0 Å². The molecule has 0 bridgehead atoms. The van der Waals surface area contributed by atoms with E-state index in [4.69, 9.17) is 9.84 Å². The molecule has 1 N–H and O–H groups in total. The van der Waals surface area contributed by atoms with Crippen molar-refractivity contribution in [1.29, 1.82) is 0 Å². The van der Waals surface area contributed by atoms with E-state index in [0.29, 0.717) is 42.0 Å². The largest absolute Gasteiger partial charge is 0.481 e. The zero-order chi connectivity index (χ0) is 18.8. The third-order valence-corrected chi connectivity index (χ3v) is 4.52. The summed E-state index contributed by atoms with van der Waals surface area (Å²) in [5, 5.41) is 8.76. The van der Waals surface area contributed by atoms with Crippen molar-refractivity contribution in [2.45, 2.75) is 26.8 Å². The van der Waals surface area contributed by atoms with Gasteiger partial charge in [0.15, 0.2) is 6.61 Å². The lowest BCUT2D eigenvalue weighted by Gasteiger charge is -2.29. The second-order valence-electron chi connectivity index (χ2n) is 6.51. The lowest BCUT2D eigenvalue weighted by molar-refractivity contribution is -0.139. The van der Waals surface area contributed by atoms with Crippen molar-refractivity contribution in [3.05, 3.63) is 64.0 Å². The van der Waals surface area contributed by atoms with E-state index in [9.17, 15) is 14.0 Å². The van der Waals surface area contributed by atoms with Crippen molar-refractivity contribution in [3.8, 4) is 5.75 Å². The van der Waals surface area contributed by atoms with Crippen LogP contribution in [0.5, 0.6) is 5.75 Å². The number of carboxylic acids is 1. The number of rotatable bonds is 4. The summed E-state index contributed by atoms with van der Waals surface area (Å²) in [5.74, 6) is -0.918. The van der Waals surface area contributed by atoms with Gasteiger partial charge in [-0.2, -0.15) is 0 Å². The topological polar surface area (TPSA) is 66.8 Å². The Morgan fingerprint density at radius 3 is 2.50 bits per heavy atom. The van der Waals surface area contributed by atoms with Crippen LogP contribution in [0.25, 0.3) is 0 Å². The Morgan fingerprint density at radius 1 is 1.15 bits per heavy atom. The number of aliphatic carboxylic acids is 1. The number of benzene rings is 2. The second-order valence-corrected chi connectivity index (χ2v) is 6.51. The van der Waals surface area contributed by atoms with Gasteiger partial charge in [0, 0.05) is 18.7 Å². The van der Waals surface area contributed by atoms with Crippen LogP contribution in [0.3, 0.4) is 0 Å². The molecule has 0 saturated carbocycles. The van der Waals surface area contributed by atoms with Gasteiger partial charge >= 0.3 is 5.97 Å². The number of amides is 1. The first-order valence-electron chi connectivity index (χ1n) is 8.37. The molecule has 3 rings (SSSR count). The summed E-state index contributed by atoms with van der Waals surface area (Å²) in [7, 11) is 0. The number of aryl methyl sites for hydroxylation is 2. The predicted molar refractivity (Wildman–Crippen MR) is 93.9 cm³/mol. The highest BCUT2D eigenvalue weighted by Gasteiger charge is 2.23. The molecule has 26 heavy (non-hydrogen) atoms. The van der Waals surface area contributed by atoms with Gasteiger partial charge in [0.25, 0.3) is 5.91 Å². The summed E-state index contributed by atoms with van der Waals surface area (Å²) in [6.07, 6.45) is 0.622. The van der Waals surface area contributed by atoms with Crippen molar-refractivity contribution >= 4 is 11.9 Å². The minimum Gasteiger partial charge on any atom is -0.481 e. The normalized spacial score (nSPS) is 13.3. The van der Waals surface area contributed by atoms with E-state index in [-0.39, 0.29) is 11.7 Å². The molecule has 0 radical (unpaired) electrons. The number of fused-ring (bicyclic) bond motifs is 1. The average molecular weight is 357 g/mol. The van der Waals surface area contributed by atoms with Gasteiger partial charge in [0.2, 0.25) is 0 Å². The summed E-state index contributed by atoms with van der Waals surface area (Å²) in [4.78, 5) is 25.3. The van der Waals surface area contributed by atoms with Crippen LogP contribution in [0.2, 0.25) is 0 Å². The fourth-order valence-corrected chi connectivity index (χ4v) is 3.31. The second kappa shape index (κ2) is 7.15. The maximum Gasteiger partial charge on any atom is 0.341 e. The first kappa shape index (κ1) is 17.9. The van der Waals surface area contributed by atoms with Crippen LogP contribution in [0.15, 0.2) is 30.3 Å².